The van der Waals surface area contributed by atoms with Crippen LogP contribution in [0.5, 0.6) is 11.5 Å². The first-order valence-electron chi connectivity index (χ1n) is 6.81. The number of hydrogen-bond acceptors (Lipinski definition) is 5. The highest BCUT2D eigenvalue weighted by Gasteiger charge is 2.37. The van der Waals surface area contributed by atoms with Crippen LogP contribution in [0.25, 0.3) is 0 Å². The van der Waals surface area contributed by atoms with E-state index < -0.39 is 23.8 Å². The Balaban J connectivity index is 2.28. The fraction of sp³-hybridized carbons (Fsp3) is 0.467. The molecule has 1 aromatic carbocycles. The van der Waals surface area contributed by atoms with E-state index in [0.717, 1.165) is 0 Å². The van der Waals surface area contributed by atoms with Crippen molar-refractivity contribution < 1.29 is 23.8 Å². The second-order valence-corrected chi connectivity index (χ2v) is 5.90. The first-order chi connectivity index (χ1) is 10.3. The maximum atomic E-state index is 12.1. The molecule has 2 N–H and O–H groups in total. The molecular weight excluding hydrogens is 288 g/mol. The normalized spacial score (nSPS) is 16.6. The average molecular weight is 308 g/mol. The van der Waals surface area contributed by atoms with E-state index in [2.05, 4.69) is 10.6 Å². The predicted molar refractivity (Wildman–Crippen MR) is 79.1 cm³/mol. The zero-order valence-corrected chi connectivity index (χ0v) is 13.3. The van der Waals surface area contributed by atoms with Crippen molar-refractivity contribution in [3.05, 3.63) is 23.3 Å². The second-order valence-electron chi connectivity index (χ2n) is 5.90. The minimum absolute atomic E-state index is 0.267. The van der Waals surface area contributed by atoms with Gasteiger partial charge in [-0.05, 0) is 32.9 Å². The van der Waals surface area contributed by atoms with Gasteiger partial charge in [0.2, 0.25) is 6.23 Å². The molecule has 1 aliphatic rings. The molecule has 0 saturated carbocycles. The second kappa shape index (κ2) is 5.75. The predicted octanol–water partition coefficient (Wildman–Crippen LogP) is 1.97. The molecule has 2 amide bonds. The summed E-state index contributed by atoms with van der Waals surface area (Å²) in [6, 6.07) is 2.91. The van der Waals surface area contributed by atoms with Gasteiger partial charge in [-0.3, -0.25) is 5.32 Å². The van der Waals surface area contributed by atoms with Crippen LogP contribution in [0.1, 0.15) is 42.9 Å². The molecule has 0 fully saturated rings. The van der Waals surface area contributed by atoms with Gasteiger partial charge in [-0.25, -0.2) is 9.59 Å². The number of urea groups is 1. The first kappa shape index (κ1) is 15.9. The Hall–Kier alpha value is -2.44. The lowest BCUT2D eigenvalue weighted by Crippen LogP contribution is -2.47. The molecule has 0 aliphatic carbocycles. The Bertz CT molecular complexity index is 607. The molecule has 0 spiro atoms. The molecule has 1 unspecified atom stereocenters. The summed E-state index contributed by atoms with van der Waals surface area (Å²) in [5.74, 6) is 0.162. The number of fused-ring (bicyclic) bond motifs is 1. The zero-order valence-electron chi connectivity index (χ0n) is 13.3. The Kier molecular flexibility index (Phi) is 4.16. The summed E-state index contributed by atoms with van der Waals surface area (Å²) >= 11 is 0. The van der Waals surface area contributed by atoms with E-state index in [4.69, 9.17) is 14.2 Å². The van der Waals surface area contributed by atoms with Crippen LogP contribution in [0.4, 0.5) is 4.79 Å². The standard InChI is InChI=1S/C15H20N2O5/c1-15(2,3)17-14(19)16-12-8-6-7-9(20-4)11(21-5)10(8)13(18)22-12/h6-7,12H,1-5H3,(H2,16,17,19). The average Bonchev–Trinajstić information content (AvgIpc) is 2.72. The van der Waals surface area contributed by atoms with Crippen LogP contribution in [0, 0.1) is 0 Å². The van der Waals surface area contributed by atoms with E-state index in [0.29, 0.717) is 17.1 Å². The molecule has 7 heteroatoms. The number of benzene rings is 1. The van der Waals surface area contributed by atoms with Crippen molar-refractivity contribution in [2.75, 3.05) is 14.2 Å². The molecule has 1 aliphatic heterocycles. The molecule has 120 valence electrons. The first-order valence-corrected chi connectivity index (χ1v) is 6.81. The van der Waals surface area contributed by atoms with Crippen molar-refractivity contribution >= 4 is 12.0 Å². The molecule has 0 saturated heterocycles. The van der Waals surface area contributed by atoms with E-state index in [1.54, 1.807) is 12.1 Å². The number of carbonyl (C=O) groups excluding carboxylic acids is 2. The van der Waals surface area contributed by atoms with Gasteiger partial charge in [0.05, 0.1) is 14.2 Å². The topological polar surface area (TPSA) is 85.9 Å². The molecule has 0 aromatic heterocycles. The number of hydrogen-bond donors (Lipinski definition) is 2. The van der Waals surface area contributed by atoms with Crippen LogP contribution in [-0.4, -0.2) is 31.8 Å². The monoisotopic (exact) mass is 308 g/mol. The highest BCUT2D eigenvalue weighted by atomic mass is 16.6. The lowest BCUT2D eigenvalue weighted by atomic mass is 10.1. The molecule has 2 rings (SSSR count). The molecular formula is C15H20N2O5. The minimum atomic E-state index is -0.857. The lowest BCUT2D eigenvalue weighted by molar-refractivity contribution is 0.0334. The SMILES string of the molecule is COc1ccc2c(c1OC)C(=O)OC2NC(=O)NC(C)(C)C. The number of methoxy groups -OCH3 is 2. The van der Waals surface area contributed by atoms with Crippen LogP contribution in [0.15, 0.2) is 12.1 Å². The smallest absolute Gasteiger partial charge is 0.344 e. The van der Waals surface area contributed by atoms with Gasteiger partial charge in [0.25, 0.3) is 0 Å². The summed E-state index contributed by atoms with van der Waals surface area (Å²) in [6.07, 6.45) is -0.857. The van der Waals surface area contributed by atoms with Crippen LogP contribution in [0.3, 0.4) is 0 Å². The zero-order chi connectivity index (χ0) is 16.5. The summed E-state index contributed by atoms with van der Waals surface area (Å²) in [5.41, 5.74) is 0.405. The molecule has 7 nitrogen and oxygen atoms in total. The molecule has 0 bridgehead atoms. The summed E-state index contributed by atoms with van der Waals surface area (Å²) in [7, 11) is 2.93. The Morgan fingerprint density at radius 3 is 2.45 bits per heavy atom. The third-order valence-corrected chi connectivity index (χ3v) is 3.04. The van der Waals surface area contributed by atoms with Gasteiger partial charge in [-0.15, -0.1) is 0 Å². The van der Waals surface area contributed by atoms with Gasteiger partial charge in [-0.1, -0.05) is 0 Å². The van der Waals surface area contributed by atoms with Gasteiger partial charge in [0, 0.05) is 11.1 Å². The number of cyclic esters (lactones) is 1. The van der Waals surface area contributed by atoms with Crippen molar-refractivity contribution in [3.8, 4) is 11.5 Å². The van der Waals surface area contributed by atoms with Crippen molar-refractivity contribution in [1.29, 1.82) is 0 Å². The van der Waals surface area contributed by atoms with Gasteiger partial charge in [0.15, 0.2) is 11.5 Å². The van der Waals surface area contributed by atoms with E-state index in [9.17, 15) is 9.59 Å². The number of esters is 1. The Labute approximate surface area is 128 Å². The van der Waals surface area contributed by atoms with E-state index in [-0.39, 0.29) is 5.56 Å². The number of ether oxygens (including phenoxy) is 3. The lowest BCUT2D eigenvalue weighted by Gasteiger charge is -2.22. The third-order valence-electron chi connectivity index (χ3n) is 3.04. The molecule has 1 aromatic rings. The summed E-state index contributed by atoms with van der Waals surface area (Å²) in [6.45, 7) is 5.57. The third kappa shape index (κ3) is 3.08. The molecule has 0 radical (unpaired) electrons. The highest BCUT2D eigenvalue weighted by molar-refractivity contribution is 5.98. The van der Waals surface area contributed by atoms with E-state index in [1.807, 2.05) is 20.8 Å². The van der Waals surface area contributed by atoms with Crippen LogP contribution in [-0.2, 0) is 4.74 Å². The van der Waals surface area contributed by atoms with Crippen molar-refractivity contribution in [2.45, 2.75) is 32.5 Å². The van der Waals surface area contributed by atoms with Crippen LogP contribution >= 0.6 is 0 Å². The maximum absolute atomic E-state index is 12.1. The summed E-state index contributed by atoms with van der Waals surface area (Å²) < 4.78 is 15.6. The molecule has 1 atom stereocenters. The molecule has 1 heterocycles. The summed E-state index contributed by atoms with van der Waals surface area (Å²) in [4.78, 5) is 24.0. The van der Waals surface area contributed by atoms with E-state index in [1.165, 1.54) is 14.2 Å². The Morgan fingerprint density at radius 1 is 1.23 bits per heavy atom. The van der Waals surface area contributed by atoms with E-state index >= 15 is 0 Å². The fourth-order valence-corrected chi connectivity index (χ4v) is 2.20. The van der Waals surface area contributed by atoms with Crippen LogP contribution in [0.2, 0.25) is 0 Å². The van der Waals surface area contributed by atoms with Crippen molar-refractivity contribution in [3.63, 3.8) is 0 Å². The largest absolute Gasteiger partial charge is 0.493 e. The fourth-order valence-electron chi connectivity index (χ4n) is 2.20. The highest BCUT2D eigenvalue weighted by Crippen LogP contribution is 2.40. The number of rotatable bonds is 3. The van der Waals surface area contributed by atoms with Gasteiger partial charge in [-0.2, -0.15) is 0 Å². The summed E-state index contributed by atoms with van der Waals surface area (Å²) in [5, 5.41) is 5.37. The molecule has 22 heavy (non-hydrogen) atoms. The number of carbonyl (C=O) groups is 2. The maximum Gasteiger partial charge on any atom is 0.344 e. The van der Waals surface area contributed by atoms with Gasteiger partial charge >= 0.3 is 12.0 Å². The van der Waals surface area contributed by atoms with Gasteiger partial charge in [0.1, 0.15) is 5.56 Å². The van der Waals surface area contributed by atoms with Gasteiger partial charge < -0.3 is 19.5 Å². The number of nitrogens with one attached hydrogen (secondary N) is 2. The van der Waals surface area contributed by atoms with Crippen LogP contribution < -0.4 is 20.1 Å². The Morgan fingerprint density at radius 2 is 1.91 bits per heavy atom. The quantitative estimate of drug-likeness (QED) is 0.834. The minimum Gasteiger partial charge on any atom is -0.493 e. The van der Waals surface area contributed by atoms with Crippen molar-refractivity contribution in [2.24, 2.45) is 0 Å². The number of amides is 2. The van der Waals surface area contributed by atoms with Crippen molar-refractivity contribution in [1.82, 2.24) is 10.6 Å².